The molecule has 1 aliphatic carbocycles. The minimum atomic E-state index is -3.74. The average Bonchev–Trinajstić information content (AvgIpc) is 3.59. The highest BCUT2D eigenvalue weighted by atomic mass is 32.2. The Morgan fingerprint density at radius 2 is 1.60 bits per heavy atom. The van der Waals surface area contributed by atoms with E-state index in [1.54, 1.807) is 36.7 Å². The third-order valence-electron chi connectivity index (χ3n) is 8.88. The number of halogens is 2. The second-order valence-corrected chi connectivity index (χ2v) is 13.7. The molecule has 6 rings (SSSR count). The number of piperidine rings is 2. The molecule has 0 bridgehead atoms. The van der Waals surface area contributed by atoms with Gasteiger partial charge in [0.05, 0.1) is 52.3 Å². The summed E-state index contributed by atoms with van der Waals surface area (Å²) >= 11 is 0. The molecule has 13 heteroatoms. The number of benzene rings is 2. The number of anilines is 4. The SMILES string of the molecule is Cn1cnc2cc(NC(=O)c3ccc(NS(=O)(=O)CCO)cc3N3CCC4(CC3)CC4)cc(N3CCC(F)(F)CC3)c21. The molecule has 3 heterocycles. The zero-order valence-electron chi connectivity index (χ0n) is 23.6. The summed E-state index contributed by atoms with van der Waals surface area (Å²) in [5.74, 6) is -3.48. The number of imidazole rings is 1. The number of rotatable bonds is 8. The van der Waals surface area contributed by atoms with Gasteiger partial charge in [0.25, 0.3) is 11.8 Å². The van der Waals surface area contributed by atoms with Gasteiger partial charge >= 0.3 is 0 Å². The molecule has 3 aromatic rings. The van der Waals surface area contributed by atoms with Gasteiger partial charge in [-0.3, -0.25) is 9.52 Å². The predicted octanol–water partition coefficient (Wildman–Crippen LogP) is 4.18. The Kier molecular flexibility index (Phi) is 7.28. The zero-order valence-corrected chi connectivity index (χ0v) is 24.4. The van der Waals surface area contributed by atoms with E-state index in [0.29, 0.717) is 33.6 Å². The topological polar surface area (TPSA) is 120 Å². The normalized spacial score (nSPS) is 19.7. The fraction of sp³-hybridized carbons (Fsp3) is 0.517. The van der Waals surface area contributed by atoms with Crippen molar-refractivity contribution in [2.75, 3.05) is 58.4 Å². The van der Waals surface area contributed by atoms with E-state index in [0.717, 1.165) is 37.1 Å². The molecule has 1 aromatic heterocycles. The standard InChI is InChI=1S/C29H36F2N6O4S/c1-35-19-32-23-16-21(18-25(26(23)35)37-12-8-29(30,31)9-13-37)33-27(39)22-3-2-20(34-42(40,41)15-14-38)17-24(22)36-10-6-28(4-5-28)7-11-36/h2-3,16-19,34,38H,4-15H2,1H3,(H,33,39). The number of fused-ring (bicyclic) bond motifs is 1. The van der Waals surface area contributed by atoms with Gasteiger partial charge in [0, 0.05) is 51.8 Å². The van der Waals surface area contributed by atoms with Crippen LogP contribution >= 0.6 is 0 Å². The maximum Gasteiger partial charge on any atom is 0.257 e. The largest absolute Gasteiger partial charge is 0.395 e. The summed E-state index contributed by atoms with van der Waals surface area (Å²) in [7, 11) is -1.89. The second-order valence-electron chi connectivity index (χ2n) is 11.9. The van der Waals surface area contributed by atoms with Gasteiger partial charge in [-0.2, -0.15) is 0 Å². The van der Waals surface area contributed by atoms with Crippen LogP contribution in [0.3, 0.4) is 0 Å². The number of alkyl halides is 2. The fourth-order valence-corrected chi connectivity index (χ4v) is 6.98. The Hall–Kier alpha value is -3.45. The molecule has 226 valence electrons. The van der Waals surface area contributed by atoms with Crippen LogP contribution < -0.4 is 19.8 Å². The van der Waals surface area contributed by atoms with E-state index in [1.165, 1.54) is 12.8 Å². The number of hydrogen-bond donors (Lipinski definition) is 3. The number of sulfonamides is 1. The molecular formula is C29H36F2N6O4S. The molecular weight excluding hydrogens is 566 g/mol. The molecule has 0 unspecified atom stereocenters. The van der Waals surface area contributed by atoms with Crippen LogP contribution in [0.4, 0.5) is 31.5 Å². The number of aromatic nitrogens is 2. The molecule has 0 radical (unpaired) electrons. The smallest absolute Gasteiger partial charge is 0.257 e. The van der Waals surface area contributed by atoms with E-state index < -0.39 is 28.3 Å². The first-order valence-corrected chi connectivity index (χ1v) is 16.0. The van der Waals surface area contributed by atoms with Crippen LogP contribution in [0.15, 0.2) is 36.7 Å². The number of aliphatic hydroxyl groups excluding tert-OH is 1. The molecule has 42 heavy (non-hydrogen) atoms. The van der Waals surface area contributed by atoms with E-state index in [4.69, 9.17) is 5.11 Å². The summed E-state index contributed by atoms with van der Waals surface area (Å²) in [5, 5.41) is 12.1. The van der Waals surface area contributed by atoms with Gasteiger partial charge in [0.15, 0.2) is 0 Å². The summed E-state index contributed by atoms with van der Waals surface area (Å²) in [6.45, 7) is 1.41. The Morgan fingerprint density at radius 3 is 2.26 bits per heavy atom. The quantitative estimate of drug-likeness (QED) is 0.354. The number of carbonyl (C=O) groups excluding carboxylic acids is 1. The third-order valence-corrected chi connectivity index (χ3v) is 10.2. The molecule has 3 N–H and O–H groups in total. The summed E-state index contributed by atoms with van der Waals surface area (Å²) in [5.41, 5.74) is 4.43. The van der Waals surface area contributed by atoms with E-state index in [2.05, 4.69) is 19.9 Å². The first-order chi connectivity index (χ1) is 20.0. The van der Waals surface area contributed by atoms with E-state index in [-0.39, 0.29) is 31.8 Å². The highest BCUT2D eigenvalue weighted by Crippen LogP contribution is 2.54. The molecule has 2 aliphatic heterocycles. The lowest BCUT2D eigenvalue weighted by Gasteiger charge is -2.35. The zero-order chi connectivity index (χ0) is 29.7. The van der Waals surface area contributed by atoms with Gasteiger partial charge in [0.1, 0.15) is 0 Å². The lowest BCUT2D eigenvalue weighted by molar-refractivity contribution is -0.0220. The summed E-state index contributed by atoms with van der Waals surface area (Å²) in [6, 6.07) is 8.40. The van der Waals surface area contributed by atoms with Crippen LogP contribution in [-0.4, -0.2) is 73.4 Å². The average molecular weight is 603 g/mol. The number of aliphatic hydroxyl groups is 1. The lowest BCUT2D eigenvalue weighted by Crippen LogP contribution is -2.39. The number of nitrogens with one attached hydrogen (secondary N) is 2. The highest BCUT2D eigenvalue weighted by Gasteiger charge is 2.44. The first kappa shape index (κ1) is 28.7. The van der Waals surface area contributed by atoms with Crippen LogP contribution in [0.2, 0.25) is 0 Å². The van der Waals surface area contributed by atoms with E-state index >= 15 is 0 Å². The molecule has 3 fully saturated rings. The first-order valence-electron chi connectivity index (χ1n) is 14.4. The molecule has 1 saturated carbocycles. The summed E-state index contributed by atoms with van der Waals surface area (Å²) in [6.07, 6.45) is 5.67. The Bertz CT molecular complexity index is 1600. The second kappa shape index (κ2) is 10.7. The van der Waals surface area contributed by atoms with Crippen molar-refractivity contribution in [2.24, 2.45) is 12.5 Å². The monoisotopic (exact) mass is 602 g/mol. The van der Waals surface area contributed by atoms with Gasteiger partial charge in [-0.1, -0.05) is 0 Å². The van der Waals surface area contributed by atoms with Crippen molar-refractivity contribution in [1.82, 2.24) is 9.55 Å². The van der Waals surface area contributed by atoms with Crippen molar-refractivity contribution in [2.45, 2.75) is 44.4 Å². The maximum absolute atomic E-state index is 13.9. The van der Waals surface area contributed by atoms with Crippen LogP contribution in [-0.2, 0) is 17.1 Å². The molecule has 3 aliphatic rings. The number of amides is 1. The van der Waals surface area contributed by atoms with Crippen LogP contribution in [0.25, 0.3) is 11.0 Å². The fourth-order valence-electron chi connectivity index (χ4n) is 6.16. The van der Waals surface area contributed by atoms with Crippen LogP contribution in [0.5, 0.6) is 0 Å². The summed E-state index contributed by atoms with van der Waals surface area (Å²) < 4.78 is 56.8. The van der Waals surface area contributed by atoms with Crippen molar-refractivity contribution in [3.05, 3.63) is 42.2 Å². The highest BCUT2D eigenvalue weighted by molar-refractivity contribution is 7.92. The van der Waals surface area contributed by atoms with Crippen molar-refractivity contribution in [1.29, 1.82) is 0 Å². The molecule has 1 spiro atoms. The molecule has 0 atom stereocenters. The molecule has 10 nitrogen and oxygen atoms in total. The van der Waals surface area contributed by atoms with Crippen LogP contribution in [0.1, 0.15) is 48.9 Å². The van der Waals surface area contributed by atoms with Gasteiger partial charge in [-0.25, -0.2) is 22.2 Å². The minimum Gasteiger partial charge on any atom is -0.395 e. The Balaban J connectivity index is 1.30. The molecule has 1 amide bonds. The molecule has 2 saturated heterocycles. The van der Waals surface area contributed by atoms with Crippen molar-refractivity contribution >= 4 is 49.7 Å². The lowest BCUT2D eigenvalue weighted by atomic mass is 9.93. The van der Waals surface area contributed by atoms with E-state index in [1.807, 2.05) is 16.5 Å². The number of hydrogen-bond acceptors (Lipinski definition) is 7. The van der Waals surface area contributed by atoms with Gasteiger partial charge in [-0.05, 0) is 61.4 Å². The number of aryl methyl sites for hydroxylation is 1. The van der Waals surface area contributed by atoms with Crippen molar-refractivity contribution in [3.63, 3.8) is 0 Å². The van der Waals surface area contributed by atoms with Gasteiger partial charge < -0.3 is 24.8 Å². The van der Waals surface area contributed by atoms with Gasteiger partial charge in [0.2, 0.25) is 10.0 Å². The predicted molar refractivity (Wildman–Crippen MR) is 159 cm³/mol. The Labute approximate surface area is 243 Å². The van der Waals surface area contributed by atoms with Crippen molar-refractivity contribution in [3.8, 4) is 0 Å². The summed E-state index contributed by atoms with van der Waals surface area (Å²) in [4.78, 5) is 22.3. The Morgan fingerprint density at radius 1 is 0.952 bits per heavy atom. The van der Waals surface area contributed by atoms with Crippen molar-refractivity contribution < 1.29 is 27.1 Å². The van der Waals surface area contributed by atoms with Crippen LogP contribution in [0, 0.1) is 5.41 Å². The number of carbonyl (C=O) groups is 1. The number of nitrogens with zero attached hydrogens (tertiary/aromatic N) is 4. The minimum absolute atomic E-state index is 0.193. The van der Waals surface area contributed by atoms with Gasteiger partial charge in [-0.15, -0.1) is 0 Å². The van der Waals surface area contributed by atoms with E-state index in [9.17, 15) is 22.0 Å². The third kappa shape index (κ3) is 5.89. The maximum atomic E-state index is 13.9. The molecule has 2 aromatic carbocycles.